The van der Waals surface area contributed by atoms with Crippen LogP contribution in [0, 0.1) is 5.82 Å². The van der Waals surface area contributed by atoms with Crippen molar-refractivity contribution in [3.63, 3.8) is 0 Å². The number of rotatable bonds is 5. The summed E-state index contributed by atoms with van der Waals surface area (Å²) in [4.78, 5) is 12.9. The molecule has 1 aromatic heterocycles. The van der Waals surface area contributed by atoms with Crippen LogP contribution in [0.3, 0.4) is 0 Å². The summed E-state index contributed by atoms with van der Waals surface area (Å²) in [7, 11) is 0. The summed E-state index contributed by atoms with van der Waals surface area (Å²) in [5, 5.41) is 7.60. The highest BCUT2D eigenvalue weighted by molar-refractivity contribution is 6.32. The third kappa shape index (κ3) is 4.40. The van der Waals surface area contributed by atoms with Crippen LogP contribution in [0.5, 0.6) is 11.5 Å². The Morgan fingerprint density at radius 1 is 0.969 bits per heavy atom. The predicted octanol–water partition coefficient (Wildman–Crippen LogP) is 5.76. The summed E-state index contributed by atoms with van der Waals surface area (Å²) < 4.78 is 24.5. The minimum atomic E-state index is -0.382. The third-order valence-corrected chi connectivity index (χ3v) is 4.99. The second-order valence-corrected chi connectivity index (χ2v) is 7.35. The number of anilines is 3. The Labute approximate surface area is 187 Å². The van der Waals surface area contributed by atoms with Gasteiger partial charge in [0.1, 0.15) is 36.1 Å². The molecule has 0 fully saturated rings. The van der Waals surface area contributed by atoms with Crippen LogP contribution in [-0.2, 0) is 4.74 Å². The highest BCUT2D eigenvalue weighted by atomic mass is 35.5. The number of aromatic nitrogens is 2. The number of aliphatic imine (C=N–C) groups is 1. The van der Waals surface area contributed by atoms with Gasteiger partial charge in [0.25, 0.3) is 6.02 Å². The van der Waals surface area contributed by atoms with E-state index in [1.165, 1.54) is 18.5 Å². The quantitative estimate of drug-likeness (QED) is 0.403. The first kappa shape index (κ1) is 20.0. The summed E-state index contributed by atoms with van der Waals surface area (Å²) >= 11 is 6.40. The molecule has 160 valence electrons. The fourth-order valence-electron chi connectivity index (χ4n) is 3.22. The topological polar surface area (TPSA) is 80.7 Å². The van der Waals surface area contributed by atoms with Crippen LogP contribution in [0.2, 0.25) is 5.02 Å². The standard InChI is InChI=1S/C23H17ClFN5O2/c24-19-12-16(5-7-21(19)32-17-3-1-2-14(25)10-17)29-22-18-11-15(30-23-26-8-9-31-23)4-6-20(18)27-13-28-22/h1-7,10-13H,8-9H2,(H,26,30)(H,27,28,29). The molecule has 2 heterocycles. The van der Waals surface area contributed by atoms with Crippen molar-refractivity contribution in [3.05, 3.63) is 77.8 Å². The fourth-order valence-corrected chi connectivity index (χ4v) is 3.44. The van der Waals surface area contributed by atoms with E-state index in [0.717, 1.165) is 16.6 Å². The van der Waals surface area contributed by atoms with E-state index in [1.54, 1.807) is 30.3 Å². The van der Waals surface area contributed by atoms with E-state index in [9.17, 15) is 4.39 Å². The molecule has 0 aliphatic carbocycles. The number of fused-ring (bicyclic) bond motifs is 1. The van der Waals surface area contributed by atoms with Gasteiger partial charge in [-0.3, -0.25) is 0 Å². The number of hydrogen-bond donors (Lipinski definition) is 2. The molecule has 7 nitrogen and oxygen atoms in total. The lowest BCUT2D eigenvalue weighted by Crippen LogP contribution is -2.11. The molecular weight excluding hydrogens is 433 g/mol. The molecule has 0 atom stereocenters. The maximum atomic E-state index is 13.4. The summed E-state index contributed by atoms with van der Waals surface area (Å²) in [6, 6.07) is 17.3. The molecule has 0 bridgehead atoms. The number of benzene rings is 3. The van der Waals surface area contributed by atoms with Crippen molar-refractivity contribution < 1.29 is 13.9 Å². The Bertz CT molecular complexity index is 1330. The molecule has 5 rings (SSSR count). The molecular formula is C23H17ClFN5O2. The molecule has 0 radical (unpaired) electrons. The molecule has 9 heteroatoms. The van der Waals surface area contributed by atoms with Crippen LogP contribution in [0.15, 0.2) is 72.0 Å². The highest BCUT2D eigenvalue weighted by Crippen LogP contribution is 2.33. The Kier molecular flexibility index (Phi) is 5.43. The lowest BCUT2D eigenvalue weighted by molar-refractivity contribution is 0.346. The monoisotopic (exact) mass is 449 g/mol. The number of ether oxygens (including phenoxy) is 2. The van der Waals surface area contributed by atoms with Gasteiger partial charge in [-0.25, -0.2) is 19.4 Å². The van der Waals surface area contributed by atoms with Gasteiger partial charge >= 0.3 is 0 Å². The van der Waals surface area contributed by atoms with Gasteiger partial charge in [-0.15, -0.1) is 0 Å². The minimum Gasteiger partial charge on any atom is -0.463 e. The minimum absolute atomic E-state index is 0.366. The van der Waals surface area contributed by atoms with Crippen molar-refractivity contribution in [3.8, 4) is 11.5 Å². The third-order valence-electron chi connectivity index (χ3n) is 4.69. The normalized spacial score (nSPS) is 12.9. The smallest absolute Gasteiger partial charge is 0.289 e. The average molecular weight is 450 g/mol. The van der Waals surface area contributed by atoms with Crippen molar-refractivity contribution in [1.29, 1.82) is 0 Å². The molecule has 32 heavy (non-hydrogen) atoms. The molecule has 1 aliphatic rings. The van der Waals surface area contributed by atoms with Gasteiger partial charge in [0, 0.05) is 22.8 Å². The molecule has 0 unspecified atom stereocenters. The number of nitrogens with one attached hydrogen (secondary N) is 2. The number of hydrogen-bond acceptors (Lipinski definition) is 7. The van der Waals surface area contributed by atoms with Gasteiger partial charge in [-0.1, -0.05) is 17.7 Å². The van der Waals surface area contributed by atoms with Crippen molar-refractivity contribution in [2.24, 2.45) is 4.99 Å². The van der Waals surface area contributed by atoms with Gasteiger partial charge < -0.3 is 20.1 Å². The highest BCUT2D eigenvalue weighted by Gasteiger charge is 2.11. The maximum absolute atomic E-state index is 13.4. The summed E-state index contributed by atoms with van der Waals surface area (Å²) in [6.07, 6.45) is 1.49. The van der Waals surface area contributed by atoms with E-state index in [0.29, 0.717) is 47.2 Å². The molecule has 2 N–H and O–H groups in total. The van der Waals surface area contributed by atoms with E-state index in [1.807, 2.05) is 18.2 Å². The SMILES string of the molecule is Fc1cccc(Oc2ccc(Nc3ncnc4ccc(NC5=NCCO5)cc34)cc2Cl)c1. The summed E-state index contributed by atoms with van der Waals surface area (Å²) in [5.41, 5.74) is 2.30. The van der Waals surface area contributed by atoms with Crippen LogP contribution in [0.25, 0.3) is 10.9 Å². The van der Waals surface area contributed by atoms with E-state index in [-0.39, 0.29) is 5.82 Å². The van der Waals surface area contributed by atoms with Gasteiger partial charge in [0.15, 0.2) is 0 Å². The molecule has 0 amide bonds. The Hall–Kier alpha value is -3.91. The lowest BCUT2D eigenvalue weighted by atomic mass is 10.2. The van der Waals surface area contributed by atoms with E-state index >= 15 is 0 Å². The van der Waals surface area contributed by atoms with Crippen molar-refractivity contribution in [1.82, 2.24) is 9.97 Å². The van der Waals surface area contributed by atoms with Crippen molar-refractivity contribution in [2.45, 2.75) is 0 Å². The second kappa shape index (κ2) is 8.68. The van der Waals surface area contributed by atoms with E-state index in [4.69, 9.17) is 21.1 Å². The zero-order valence-electron chi connectivity index (χ0n) is 16.7. The summed E-state index contributed by atoms with van der Waals surface area (Å²) in [6.45, 7) is 1.22. The molecule has 3 aromatic carbocycles. The molecule has 0 saturated heterocycles. The van der Waals surface area contributed by atoms with Gasteiger partial charge in [0.05, 0.1) is 17.1 Å². The van der Waals surface area contributed by atoms with Gasteiger partial charge in [-0.05, 0) is 48.5 Å². The van der Waals surface area contributed by atoms with Crippen LogP contribution >= 0.6 is 11.6 Å². The number of nitrogens with zero attached hydrogens (tertiary/aromatic N) is 3. The van der Waals surface area contributed by atoms with Crippen molar-refractivity contribution >= 4 is 45.7 Å². The molecule has 0 saturated carbocycles. The lowest BCUT2D eigenvalue weighted by Gasteiger charge is -2.12. The predicted molar refractivity (Wildman–Crippen MR) is 123 cm³/mol. The largest absolute Gasteiger partial charge is 0.463 e. The molecule has 0 spiro atoms. The van der Waals surface area contributed by atoms with Crippen molar-refractivity contribution in [2.75, 3.05) is 23.8 Å². The van der Waals surface area contributed by atoms with E-state index in [2.05, 4.69) is 25.6 Å². The first-order valence-corrected chi connectivity index (χ1v) is 10.2. The molecule has 4 aromatic rings. The van der Waals surface area contributed by atoms with Crippen LogP contribution in [0.4, 0.5) is 21.6 Å². The molecule has 1 aliphatic heterocycles. The van der Waals surface area contributed by atoms with Crippen LogP contribution < -0.4 is 15.4 Å². The first-order valence-electron chi connectivity index (χ1n) is 9.83. The maximum Gasteiger partial charge on any atom is 0.289 e. The second-order valence-electron chi connectivity index (χ2n) is 6.94. The van der Waals surface area contributed by atoms with E-state index < -0.39 is 0 Å². The van der Waals surface area contributed by atoms with Gasteiger partial charge in [-0.2, -0.15) is 0 Å². The van der Waals surface area contributed by atoms with Gasteiger partial charge in [0.2, 0.25) is 0 Å². The zero-order chi connectivity index (χ0) is 21.9. The summed E-state index contributed by atoms with van der Waals surface area (Å²) in [5.74, 6) is 1.01. The first-order chi connectivity index (χ1) is 15.6. The number of amidine groups is 1. The Morgan fingerprint density at radius 3 is 2.66 bits per heavy atom. The average Bonchev–Trinajstić information content (AvgIpc) is 3.29. The van der Waals surface area contributed by atoms with Crippen LogP contribution in [0.1, 0.15) is 0 Å². The zero-order valence-corrected chi connectivity index (χ0v) is 17.4. The Morgan fingerprint density at radius 2 is 1.84 bits per heavy atom. The Balaban J connectivity index is 1.39. The number of halogens is 2. The van der Waals surface area contributed by atoms with Crippen LogP contribution in [-0.4, -0.2) is 29.1 Å². The fraction of sp³-hybridized carbons (Fsp3) is 0.0870.